The van der Waals surface area contributed by atoms with Gasteiger partial charge in [0.15, 0.2) is 0 Å². The summed E-state index contributed by atoms with van der Waals surface area (Å²) >= 11 is 0. The van der Waals surface area contributed by atoms with Crippen molar-refractivity contribution >= 4 is 17.6 Å². The first kappa shape index (κ1) is 16.3. The van der Waals surface area contributed by atoms with Gasteiger partial charge in [0.25, 0.3) is 0 Å². The van der Waals surface area contributed by atoms with Crippen LogP contribution in [0.15, 0.2) is 29.2 Å². The predicted octanol–water partition coefficient (Wildman–Crippen LogP) is 1.58. The van der Waals surface area contributed by atoms with Gasteiger partial charge in [-0.25, -0.2) is 8.42 Å². The molecule has 0 fully saturated rings. The minimum absolute atomic E-state index is 0.00680. The zero-order valence-electron chi connectivity index (χ0n) is 10.8. The third kappa shape index (κ3) is 4.71. The van der Waals surface area contributed by atoms with Crippen LogP contribution < -0.4 is 4.72 Å². The molecule has 0 aromatic heterocycles. The van der Waals surface area contributed by atoms with Crippen molar-refractivity contribution in [1.82, 2.24) is 4.72 Å². The molecule has 0 amide bonds. The van der Waals surface area contributed by atoms with E-state index in [0.717, 1.165) is 5.56 Å². The first-order valence-corrected chi connectivity index (χ1v) is 8.97. The lowest BCUT2D eigenvalue weighted by molar-refractivity contribution is 0.349. The Balaban J connectivity index is 3.01. The molecule has 1 unspecified atom stereocenters. The fourth-order valence-electron chi connectivity index (χ4n) is 1.53. The van der Waals surface area contributed by atoms with Crippen LogP contribution in [0.1, 0.15) is 25.3 Å². The van der Waals surface area contributed by atoms with Gasteiger partial charge < -0.3 is 9.79 Å². The van der Waals surface area contributed by atoms with E-state index >= 15 is 0 Å². The second-order valence-electron chi connectivity index (χ2n) is 4.33. The summed E-state index contributed by atoms with van der Waals surface area (Å²) in [5, 5.41) is 0. The molecule has 108 valence electrons. The molecule has 0 heterocycles. The first-order valence-electron chi connectivity index (χ1n) is 5.81. The van der Waals surface area contributed by atoms with E-state index in [9.17, 15) is 13.0 Å². The van der Waals surface area contributed by atoms with E-state index in [-0.39, 0.29) is 11.3 Å². The lowest BCUT2D eigenvalue weighted by atomic mass is 10.2. The Morgan fingerprint density at radius 2 is 1.79 bits per heavy atom. The molecule has 1 atom stereocenters. The van der Waals surface area contributed by atoms with Gasteiger partial charge >= 0.3 is 7.60 Å². The van der Waals surface area contributed by atoms with E-state index in [4.69, 9.17) is 9.79 Å². The molecule has 0 saturated carbocycles. The lowest BCUT2D eigenvalue weighted by Gasteiger charge is -2.19. The molecule has 19 heavy (non-hydrogen) atoms. The highest BCUT2D eigenvalue weighted by atomic mass is 32.2. The van der Waals surface area contributed by atoms with Crippen molar-refractivity contribution in [3.63, 3.8) is 0 Å². The summed E-state index contributed by atoms with van der Waals surface area (Å²) in [6.45, 7) is 3.54. The second kappa shape index (κ2) is 6.15. The Morgan fingerprint density at radius 3 is 2.21 bits per heavy atom. The third-order valence-electron chi connectivity index (χ3n) is 2.59. The molecule has 0 radical (unpaired) electrons. The SMILES string of the molecule is CCCC(NS(=O)(=O)c1ccc(C)cc1)P(=O)(O)O. The first-order chi connectivity index (χ1) is 8.66. The number of aryl methyl sites for hydroxylation is 1. The van der Waals surface area contributed by atoms with Crippen LogP contribution in [0.4, 0.5) is 0 Å². The van der Waals surface area contributed by atoms with E-state index in [1.165, 1.54) is 12.1 Å². The Hall–Kier alpha value is -0.720. The van der Waals surface area contributed by atoms with E-state index < -0.39 is 23.4 Å². The molecule has 3 N–H and O–H groups in total. The van der Waals surface area contributed by atoms with Crippen LogP contribution >= 0.6 is 7.60 Å². The third-order valence-corrected chi connectivity index (χ3v) is 5.45. The average molecular weight is 307 g/mol. The fraction of sp³-hybridized carbons (Fsp3) is 0.455. The van der Waals surface area contributed by atoms with Gasteiger partial charge in [-0.2, -0.15) is 4.72 Å². The molecule has 8 heteroatoms. The predicted molar refractivity (Wildman–Crippen MR) is 72.2 cm³/mol. The number of hydrogen-bond acceptors (Lipinski definition) is 3. The summed E-state index contributed by atoms with van der Waals surface area (Å²) in [4.78, 5) is 18.3. The van der Waals surface area contributed by atoms with Gasteiger partial charge in [-0.1, -0.05) is 31.0 Å². The topological polar surface area (TPSA) is 104 Å². The summed E-state index contributed by atoms with van der Waals surface area (Å²) < 4.78 is 37.4. The minimum atomic E-state index is -4.51. The average Bonchev–Trinajstić information content (AvgIpc) is 2.27. The molecule has 1 aromatic rings. The highest BCUT2D eigenvalue weighted by molar-refractivity contribution is 7.89. The molecule has 6 nitrogen and oxygen atoms in total. The van der Waals surface area contributed by atoms with Crippen molar-refractivity contribution < 1.29 is 22.8 Å². The van der Waals surface area contributed by atoms with Gasteiger partial charge in [-0.15, -0.1) is 0 Å². The normalized spacial score (nSPS) is 14.3. The largest absolute Gasteiger partial charge is 0.343 e. The van der Waals surface area contributed by atoms with Crippen molar-refractivity contribution in [3.05, 3.63) is 29.8 Å². The van der Waals surface area contributed by atoms with Crippen molar-refractivity contribution in [3.8, 4) is 0 Å². The second-order valence-corrected chi connectivity index (χ2v) is 7.84. The van der Waals surface area contributed by atoms with E-state index in [0.29, 0.717) is 6.42 Å². The summed E-state index contributed by atoms with van der Waals surface area (Å²) in [6, 6.07) is 6.06. The van der Waals surface area contributed by atoms with Crippen molar-refractivity contribution in [2.75, 3.05) is 0 Å². The fourth-order valence-corrected chi connectivity index (χ4v) is 4.20. The van der Waals surface area contributed by atoms with E-state index in [1.54, 1.807) is 19.1 Å². The number of nitrogens with one attached hydrogen (secondary N) is 1. The maximum Gasteiger partial charge on any atom is 0.343 e. The van der Waals surface area contributed by atoms with Crippen LogP contribution in [0, 0.1) is 6.92 Å². The van der Waals surface area contributed by atoms with E-state index in [2.05, 4.69) is 4.72 Å². The molecule has 0 aliphatic rings. The van der Waals surface area contributed by atoms with Crippen LogP contribution in [-0.2, 0) is 14.6 Å². The zero-order valence-corrected chi connectivity index (χ0v) is 12.5. The Labute approximate surface area is 113 Å². The lowest BCUT2D eigenvalue weighted by Crippen LogP contribution is -2.34. The van der Waals surface area contributed by atoms with Crippen molar-refractivity contribution in [2.45, 2.75) is 37.4 Å². The smallest absolute Gasteiger partial charge is 0.323 e. The van der Waals surface area contributed by atoms with Gasteiger partial charge in [0.2, 0.25) is 10.0 Å². The van der Waals surface area contributed by atoms with Crippen LogP contribution in [0.5, 0.6) is 0 Å². The highest BCUT2D eigenvalue weighted by Gasteiger charge is 2.32. The minimum Gasteiger partial charge on any atom is -0.323 e. The maximum atomic E-state index is 12.0. The van der Waals surface area contributed by atoms with Crippen LogP contribution in [0.2, 0.25) is 0 Å². The molecular weight excluding hydrogens is 289 g/mol. The summed E-state index contributed by atoms with van der Waals surface area (Å²) in [5.74, 6) is -1.39. The van der Waals surface area contributed by atoms with Crippen LogP contribution in [0.3, 0.4) is 0 Å². The van der Waals surface area contributed by atoms with Gasteiger partial charge in [0.1, 0.15) is 5.78 Å². The summed E-state index contributed by atoms with van der Waals surface area (Å²) in [6.07, 6.45) is 0.543. The molecule has 1 rings (SSSR count). The maximum absolute atomic E-state index is 12.0. The van der Waals surface area contributed by atoms with Crippen LogP contribution in [0.25, 0.3) is 0 Å². The standard InChI is InChI=1S/C11H18NO5PS/c1-3-4-11(18(13,14)15)12-19(16,17)10-7-5-9(2)6-8-10/h5-8,11-12H,3-4H2,1-2H3,(H2,13,14,15). The van der Waals surface area contributed by atoms with Gasteiger partial charge in [0, 0.05) is 0 Å². The highest BCUT2D eigenvalue weighted by Crippen LogP contribution is 2.42. The molecule has 0 aliphatic carbocycles. The van der Waals surface area contributed by atoms with Gasteiger partial charge in [-0.3, -0.25) is 4.57 Å². The molecule has 1 aromatic carbocycles. The molecular formula is C11H18NO5PS. The van der Waals surface area contributed by atoms with Crippen molar-refractivity contribution in [2.24, 2.45) is 0 Å². The van der Waals surface area contributed by atoms with Gasteiger partial charge in [0.05, 0.1) is 4.90 Å². The number of rotatable bonds is 6. The summed E-state index contributed by atoms with van der Waals surface area (Å²) in [7, 11) is -8.43. The Bertz CT molecular complexity index is 563. The van der Waals surface area contributed by atoms with Gasteiger partial charge in [-0.05, 0) is 25.5 Å². The molecule has 0 spiro atoms. The number of hydrogen-bond donors (Lipinski definition) is 3. The Kier molecular flexibility index (Phi) is 5.29. The molecule has 0 aliphatic heterocycles. The number of sulfonamides is 1. The zero-order chi connectivity index (χ0) is 14.7. The monoisotopic (exact) mass is 307 g/mol. The summed E-state index contributed by atoms with van der Waals surface area (Å²) in [5.41, 5.74) is 0.902. The quantitative estimate of drug-likeness (QED) is 0.692. The molecule has 0 saturated heterocycles. The molecule has 0 bridgehead atoms. The number of benzene rings is 1. The van der Waals surface area contributed by atoms with Crippen LogP contribution in [-0.4, -0.2) is 24.0 Å². The van der Waals surface area contributed by atoms with E-state index in [1.807, 2.05) is 6.92 Å². The Morgan fingerprint density at radius 1 is 1.26 bits per heavy atom. The van der Waals surface area contributed by atoms with Crippen molar-refractivity contribution in [1.29, 1.82) is 0 Å².